The maximum atomic E-state index is 5.73. The Morgan fingerprint density at radius 3 is 2.50 bits per heavy atom. The smallest absolute Gasteiger partial charge is 0.134 e. The summed E-state index contributed by atoms with van der Waals surface area (Å²) in [5.41, 5.74) is 7.52. The summed E-state index contributed by atoms with van der Waals surface area (Å²) in [6.45, 7) is 0.534. The maximum absolute atomic E-state index is 5.73. The van der Waals surface area contributed by atoms with E-state index in [0.717, 1.165) is 21.3 Å². The molecular formula is C14H12BrNOS. The SMILES string of the molecule is NC(=S)c1ccc(OCc2ccccc2)c(Br)c1. The Balaban J connectivity index is 2.08. The summed E-state index contributed by atoms with van der Waals surface area (Å²) >= 11 is 8.37. The molecule has 2 N–H and O–H groups in total. The van der Waals surface area contributed by atoms with Crippen molar-refractivity contribution in [3.05, 3.63) is 64.1 Å². The van der Waals surface area contributed by atoms with Gasteiger partial charge in [0, 0.05) is 5.56 Å². The van der Waals surface area contributed by atoms with E-state index in [-0.39, 0.29) is 0 Å². The van der Waals surface area contributed by atoms with Gasteiger partial charge in [0.1, 0.15) is 17.3 Å². The van der Waals surface area contributed by atoms with Crippen molar-refractivity contribution in [1.29, 1.82) is 0 Å². The quantitative estimate of drug-likeness (QED) is 0.873. The molecule has 0 atom stereocenters. The molecule has 18 heavy (non-hydrogen) atoms. The molecule has 0 heterocycles. The zero-order valence-corrected chi connectivity index (χ0v) is 12.0. The van der Waals surface area contributed by atoms with Crippen molar-refractivity contribution < 1.29 is 4.74 Å². The molecule has 4 heteroatoms. The molecule has 0 radical (unpaired) electrons. The predicted octanol–water partition coefficient (Wildman–Crippen LogP) is 3.66. The Bertz CT molecular complexity index is 557. The molecule has 0 aliphatic carbocycles. The highest BCUT2D eigenvalue weighted by atomic mass is 79.9. The standard InChI is InChI=1S/C14H12BrNOS/c15-12-8-11(14(16)18)6-7-13(12)17-9-10-4-2-1-3-5-10/h1-8H,9H2,(H2,16,18). The van der Waals surface area contributed by atoms with Gasteiger partial charge in [0.15, 0.2) is 0 Å². The van der Waals surface area contributed by atoms with Crippen LogP contribution in [0.2, 0.25) is 0 Å². The summed E-state index contributed by atoms with van der Waals surface area (Å²) in [5.74, 6) is 0.777. The zero-order valence-electron chi connectivity index (χ0n) is 9.60. The Morgan fingerprint density at radius 1 is 1.17 bits per heavy atom. The molecular weight excluding hydrogens is 310 g/mol. The maximum Gasteiger partial charge on any atom is 0.134 e. The van der Waals surface area contributed by atoms with Crippen LogP contribution in [0.5, 0.6) is 5.75 Å². The van der Waals surface area contributed by atoms with Crippen molar-refractivity contribution >= 4 is 33.1 Å². The van der Waals surface area contributed by atoms with Crippen molar-refractivity contribution in [3.8, 4) is 5.75 Å². The number of halogens is 1. The van der Waals surface area contributed by atoms with E-state index in [0.29, 0.717) is 11.6 Å². The molecule has 0 fully saturated rings. The Hall–Kier alpha value is -1.39. The monoisotopic (exact) mass is 321 g/mol. The largest absolute Gasteiger partial charge is 0.488 e. The minimum atomic E-state index is 0.380. The summed E-state index contributed by atoms with van der Waals surface area (Å²) in [7, 11) is 0. The van der Waals surface area contributed by atoms with E-state index < -0.39 is 0 Å². The average molecular weight is 322 g/mol. The normalized spacial score (nSPS) is 10.1. The summed E-state index contributed by atoms with van der Waals surface area (Å²) in [6.07, 6.45) is 0. The number of benzene rings is 2. The molecule has 0 unspecified atom stereocenters. The highest BCUT2D eigenvalue weighted by Gasteiger charge is 2.04. The number of nitrogens with two attached hydrogens (primary N) is 1. The molecule has 0 aromatic heterocycles. The molecule has 0 saturated carbocycles. The molecule has 0 amide bonds. The predicted molar refractivity (Wildman–Crippen MR) is 80.8 cm³/mol. The van der Waals surface area contributed by atoms with Gasteiger partial charge in [-0.05, 0) is 39.7 Å². The molecule has 0 aliphatic heterocycles. The Kier molecular flexibility index (Phi) is 4.33. The fraction of sp³-hybridized carbons (Fsp3) is 0.0714. The number of hydrogen-bond donors (Lipinski definition) is 1. The minimum absolute atomic E-state index is 0.380. The van der Waals surface area contributed by atoms with E-state index in [1.165, 1.54) is 0 Å². The Morgan fingerprint density at radius 2 is 1.89 bits per heavy atom. The second-order valence-corrected chi connectivity index (χ2v) is 5.08. The second kappa shape index (κ2) is 5.98. The lowest BCUT2D eigenvalue weighted by Gasteiger charge is -2.09. The third-order valence-electron chi connectivity index (χ3n) is 2.45. The first kappa shape index (κ1) is 13.1. The first-order valence-corrected chi connectivity index (χ1v) is 6.63. The van der Waals surface area contributed by atoms with Crippen LogP contribution in [-0.4, -0.2) is 4.99 Å². The number of thiocarbonyl (C=S) groups is 1. The highest BCUT2D eigenvalue weighted by molar-refractivity contribution is 9.10. The van der Waals surface area contributed by atoms with E-state index >= 15 is 0 Å². The Labute approximate surface area is 120 Å². The minimum Gasteiger partial charge on any atom is -0.488 e. The van der Waals surface area contributed by atoms with E-state index in [9.17, 15) is 0 Å². The van der Waals surface area contributed by atoms with Gasteiger partial charge in [-0.1, -0.05) is 42.5 Å². The van der Waals surface area contributed by atoms with Gasteiger partial charge in [-0.25, -0.2) is 0 Å². The van der Waals surface area contributed by atoms with Crippen molar-refractivity contribution in [1.82, 2.24) is 0 Å². The van der Waals surface area contributed by atoms with Crippen molar-refractivity contribution in [2.75, 3.05) is 0 Å². The lowest BCUT2D eigenvalue weighted by molar-refractivity contribution is 0.304. The average Bonchev–Trinajstić information content (AvgIpc) is 2.38. The summed E-state index contributed by atoms with van der Waals surface area (Å²) in [4.78, 5) is 0.380. The van der Waals surface area contributed by atoms with E-state index in [2.05, 4.69) is 15.9 Å². The summed E-state index contributed by atoms with van der Waals surface area (Å²) < 4.78 is 6.58. The molecule has 2 aromatic carbocycles. The van der Waals surface area contributed by atoms with E-state index in [1.54, 1.807) is 0 Å². The second-order valence-electron chi connectivity index (χ2n) is 3.78. The van der Waals surface area contributed by atoms with Crippen LogP contribution in [0, 0.1) is 0 Å². The van der Waals surface area contributed by atoms with Crippen molar-refractivity contribution in [2.45, 2.75) is 6.61 Å². The molecule has 92 valence electrons. The topological polar surface area (TPSA) is 35.2 Å². The number of hydrogen-bond acceptors (Lipinski definition) is 2. The fourth-order valence-electron chi connectivity index (χ4n) is 1.51. The van der Waals surface area contributed by atoms with E-state index in [4.69, 9.17) is 22.7 Å². The van der Waals surface area contributed by atoms with Gasteiger partial charge in [-0.2, -0.15) is 0 Å². The molecule has 2 rings (SSSR count). The van der Waals surface area contributed by atoms with Crippen LogP contribution in [0.3, 0.4) is 0 Å². The van der Waals surface area contributed by atoms with Gasteiger partial charge in [-0.15, -0.1) is 0 Å². The molecule has 2 nitrogen and oxygen atoms in total. The first-order chi connectivity index (χ1) is 8.66. The van der Waals surface area contributed by atoms with Gasteiger partial charge in [-0.3, -0.25) is 0 Å². The first-order valence-electron chi connectivity index (χ1n) is 5.43. The zero-order chi connectivity index (χ0) is 13.0. The molecule has 0 spiro atoms. The van der Waals surface area contributed by atoms with Crippen LogP contribution >= 0.6 is 28.1 Å². The van der Waals surface area contributed by atoms with Gasteiger partial charge in [0.05, 0.1) is 4.47 Å². The summed E-state index contributed by atoms with van der Waals surface area (Å²) in [5, 5.41) is 0. The van der Waals surface area contributed by atoms with Gasteiger partial charge >= 0.3 is 0 Å². The summed E-state index contributed by atoms with van der Waals surface area (Å²) in [6, 6.07) is 15.6. The molecule has 0 saturated heterocycles. The van der Waals surface area contributed by atoms with Crippen LogP contribution in [0.15, 0.2) is 53.0 Å². The van der Waals surface area contributed by atoms with Crippen molar-refractivity contribution in [2.24, 2.45) is 5.73 Å². The molecule has 2 aromatic rings. The van der Waals surface area contributed by atoms with Gasteiger partial charge < -0.3 is 10.5 Å². The lowest BCUT2D eigenvalue weighted by atomic mass is 10.2. The van der Waals surface area contributed by atoms with Crippen LogP contribution in [0.25, 0.3) is 0 Å². The molecule has 0 bridgehead atoms. The number of rotatable bonds is 4. The van der Waals surface area contributed by atoms with Gasteiger partial charge in [0.25, 0.3) is 0 Å². The fourth-order valence-corrected chi connectivity index (χ4v) is 2.13. The van der Waals surface area contributed by atoms with E-state index in [1.807, 2.05) is 48.5 Å². The lowest BCUT2D eigenvalue weighted by Crippen LogP contribution is -2.09. The third-order valence-corrected chi connectivity index (χ3v) is 3.31. The van der Waals surface area contributed by atoms with Crippen LogP contribution in [-0.2, 0) is 6.61 Å². The third kappa shape index (κ3) is 3.31. The van der Waals surface area contributed by atoms with Crippen LogP contribution in [0.1, 0.15) is 11.1 Å². The van der Waals surface area contributed by atoms with Crippen molar-refractivity contribution in [3.63, 3.8) is 0 Å². The van der Waals surface area contributed by atoms with Crippen LogP contribution in [0.4, 0.5) is 0 Å². The van der Waals surface area contributed by atoms with Crippen LogP contribution < -0.4 is 10.5 Å². The number of ether oxygens (including phenoxy) is 1. The van der Waals surface area contributed by atoms with Gasteiger partial charge in [0.2, 0.25) is 0 Å². The molecule has 0 aliphatic rings. The highest BCUT2D eigenvalue weighted by Crippen LogP contribution is 2.26.